The summed E-state index contributed by atoms with van der Waals surface area (Å²) in [7, 11) is 0. The maximum atomic E-state index is 5.27. The smallest absolute Gasteiger partial charge is 0.169 e. The average molecular weight is 198 g/mol. The molecule has 1 rings (SSSR count). The molecule has 0 aromatic carbocycles. The van der Waals surface area contributed by atoms with Gasteiger partial charge in [0.15, 0.2) is 5.11 Å². The number of hydrogen-bond donors (Lipinski definition) is 1. The average Bonchev–Trinajstić information content (AvgIpc) is 2.15. The Morgan fingerprint density at radius 3 is 2.85 bits per heavy atom. The van der Waals surface area contributed by atoms with Gasteiger partial charge in [0.1, 0.15) is 0 Å². The van der Waals surface area contributed by atoms with Crippen molar-refractivity contribution in [2.24, 2.45) is 5.92 Å². The van der Waals surface area contributed by atoms with Gasteiger partial charge in [0.25, 0.3) is 0 Å². The molecule has 0 amide bonds. The predicted molar refractivity (Wildman–Crippen MR) is 60.8 cm³/mol. The number of rotatable bonds is 2. The molecule has 0 atom stereocenters. The molecule has 0 saturated heterocycles. The summed E-state index contributed by atoms with van der Waals surface area (Å²) in [5.74, 6) is 0.651. The summed E-state index contributed by atoms with van der Waals surface area (Å²) in [5.41, 5.74) is 0. The van der Waals surface area contributed by atoms with E-state index in [0.29, 0.717) is 5.92 Å². The van der Waals surface area contributed by atoms with Crippen LogP contribution in [0.15, 0.2) is 12.2 Å². The van der Waals surface area contributed by atoms with Crippen LogP contribution in [-0.4, -0.2) is 29.6 Å². The van der Waals surface area contributed by atoms with E-state index in [0.717, 1.165) is 31.2 Å². The van der Waals surface area contributed by atoms with Crippen molar-refractivity contribution < 1.29 is 0 Å². The molecule has 1 heterocycles. The van der Waals surface area contributed by atoms with Crippen molar-refractivity contribution in [1.82, 2.24) is 10.2 Å². The van der Waals surface area contributed by atoms with Gasteiger partial charge in [0.05, 0.1) is 0 Å². The van der Waals surface area contributed by atoms with Crippen LogP contribution in [0.5, 0.6) is 0 Å². The fraction of sp³-hybridized carbons (Fsp3) is 0.700. The number of thiocarbonyl (C=S) groups is 1. The quantitative estimate of drug-likeness (QED) is 0.538. The van der Waals surface area contributed by atoms with Crippen LogP contribution in [-0.2, 0) is 0 Å². The van der Waals surface area contributed by atoms with E-state index in [1.54, 1.807) is 0 Å². The fourth-order valence-electron chi connectivity index (χ4n) is 1.23. The Morgan fingerprint density at radius 1 is 1.54 bits per heavy atom. The Kier molecular flexibility index (Phi) is 4.22. The molecule has 3 heteroatoms. The van der Waals surface area contributed by atoms with E-state index in [9.17, 15) is 0 Å². The van der Waals surface area contributed by atoms with Gasteiger partial charge in [-0.2, -0.15) is 0 Å². The normalized spacial score (nSPS) is 16.4. The largest absolute Gasteiger partial charge is 0.362 e. The maximum absolute atomic E-state index is 5.27. The second-order valence-electron chi connectivity index (χ2n) is 3.79. The van der Waals surface area contributed by atoms with E-state index in [2.05, 4.69) is 36.2 Å². The van der Waals surface area contributed by atoms with Crippen molar-refractivity contribution >= 4 is 17.3 Å². The summed E-state index contributed by atoms with van der Waals surface area (Å²) in [6.07, 6.45) is 5.50. The van der Waals surface area contributed by atoms with Gasteiger partial charge in [-0.15, -0.1) is 0 Å². The highest BCUT2D eigenvalue weighted by Gasteiger charge is 2.09. The van der Waals surface area contributed by atoms with Crippen LogP contribution in [0.2, 0.25) is 0 Å². The number of nitrogens with one attached hydrogen (secondary N) is 1. The first-order valence-electron chi connectivity index (χ1n) is 4.88. The highest BCUT2D eigenvalue weighted by Crippen LogP contribution is 2.01. The molecule has 13 heavy (non-hydrogen) atoms. The summed E-state index contributed by atoms with van der Waals surface area (Å²) in [4.78, 5) is 2.21. The van der Waals surface area contributed by atoms with Gasteiger partial charge in [0.2, 0.25) is 0 Å². The highest BCUT2D eigenvalue weighted by atomic mass is 32.1. The Labute approximate surface area is 86.0 Å². The molecule has 1 aliphatic rings. The zero-order valence-corrected chi connectivity index (χ0v) is 9.23. The summed E-state index contributed by atoms with van der Waals surface area (Å²) in [6, 6.07) is 0. The molecule has 1 N–H and O–H groups in total. The predicted octanol–water partition coefficient (Wildman–Crippen LogP) is 1.78. The molecule has 0 spiro atoms. The summed E-state index contributed by atoms with van der Waals surface area (Å²) in [6.45, 7) is 7.36. The molecular weight excluding hydrogens is 180 g/mol. The molecule has 0 saturated carbocycles. The van der Waals surface area contributed by atoms with Gasteiger partial charge in [-0.25, -0.2) is 0 Å². The van der Waals surface area contributed by atoms with Gasteiger partial charge in [0, 0.05) is 19.6 Å². The second kappa shape index (κ2) is 5.22. The van der Waals surface area contributed by atoms with E-state index < -0.39 is 0 Å². The van der Waals surface area contributed by atoms with Crippen molar-refractivity contribution in [1.29, 1.82) is 0 Å². The van der Waals surface area contributed by atoms with Gasteiger partial charge in [-0.3, -0.25) is 0 Å². The van der Waals surface area contributed by atoms with Gasteiger partial charge in [-0.1, -0.05) is 26.0 Å². The Morgan fingerprint density at radius 2 is 2.31 bits per heavy atom. The molecule has 2 nitrogen and oxygen atoms in total. The monoisotopic (exact) mass is 198 g/mol. The van der Waals surface area contributed by atoms with Crippen molar-refractivity contribution in [3.8, 4) is 0 Å². The molecule has 0 aromatic rings. The van der Waals surface area contributed by atoms with E-state index >= 15 is 0 Å². The molecule has 0 aromatic heterocycles. The van der Waals surface area contributed by atoms with Gasteiger partial charge in [-0.05, 0) is 24.6 Å². The van der Waals surface area contributed by atoms with E-state index in [-0.39, 0.29) is 0 Å². The topological polar surface area (TPSA) is 15.3 Å². The Hall–Kier alpha value is -0.570. The molecule has 0 bridgehead atoms. The Balaban J connectivity index is 2.26. The molecular formula is C10H18N2S. The SMILES string of the molecule is CC(C)CNC(=S)N1CC=CCC1. The van der Waals surface area contributed by atoms with Crippen LogP contribution in [0, 0.1) is 5.92 Å². The minimum Gasteiger partial charge on any atom is -0.362 e. The van der Waals surface area contributed by atoms with Crippen molar-refractivity contribution in [3.05, 3.63) is 12.2 Å². The first-order chi connectivity index (χ1) is 6.20. The van der Waals surface area contributed by atoms with Crippen LogP contribution in [0.4, 0.5) is 0 Å². The van der Waals surface area contributed by atoms with Gasteiger partial charge >= 0.3 is 0 Å². The van der Waals surface area contributed by atoms with Crippen LogP contribution in [0.1, 0.15) is 20.3 Å². The zero-order valence-electron chi connectivity index (χ0n) is 8.42. The number of nitrogens with zero attached hydrogens (tertiary/aromatic N) is 1. The molecule has 74 valence electrons. The fourth-order valence-corrected chi connectivity index (χ4v) is 1.48. The first kappa shape index (κ1) is 10.5. The summed E-state index contributed by atoms with van der Waals surface area (Å²) < 4.78 is 0. The van der Waals surface area contributed by atoms with E-state index in [1.807, 2.05) is 0 Å². The lowest BCUT2D eigenvalue weighted by Crippen LogP contribution is -2.42. The van der Waals surface area contributed by atoms with Crippen molar-refractivity contribution in [3.63, 3.8) is 0 Å². The molecule has 0 radical (unpaired) electrons. The number of hydrogen-bond acceptors (Lipinski definition) is 1. The minimum absolute atomic E-state index is 0.651. The third-order valence-electron chi connectivity index (χ3n) is 2.01. The van der Waals surface area contributed by atoms with Crippen LogP contribution in [0.3, 0.4) is 0 Å². The molecule has 0 fully saturated rings. The highest BCUT2D eigenvalue weighted by molar-refractivity contribution is 7.80. The molecule has 1 aliphatic heterocycles. The lowest BCUT2D eigenvalue weighted by molar-refractivity contribution is 0.440. The lowest BCUT2D eigenvalue weighted by Gasteiger charge is -2.26. The molecule has 0 aliphatic carbocycles. The standard InChI is InChI=1S/C10H18N2S/c1-9(2)8-11-10(13)12-6-4-3-5-7-12/h3-4,9H,5-8H2,1-2H3,(H,11,13). The molecule has 0 unspecified atom stereocenters. The zero-order chi connectivity index (χ0) is 9.68. The lowest BCUT2D eigenvalue weighted by atomic mass is 10.2. The van der Waals surface area contributed by atoms with Crippen molar-refractivity contribution in [2.45, 2.75) is 20.3 Å². The minimum atomic E-state index is 0.651. The Bertz CT molecular complexity index is 199. The first-order valence-corrected chi connectivity index (χ1v) is 5.28. The summed E-state index contributed by atoms with van der Waals surface area (Å²) in [5, 5.41) is 4.18. The van der Waals surface area contributed by atoms with E-state index in [4.69, 9.17) is 12.2 Å². The van der Waals surface area contributed by atoms with Crippen LogP contribution in [0.25, 0.3) is 0 Å². The van der Waals surface area contributed by atoms with Gasteiger partial charge < -0.3 is 10.2 Å². The van der Waals surface area contributed by atoms with Crippen LogP contribution >= 0.6 is 12.2 Å². The third kappa shape index (κ3) is 3.77. The van der Waals surface area contributed by atoms with Crippen LogP contribution < -0.4 is 5.32 Å². The second-order valence-corrected chi connectivity index (χ2v) is 4.17. The summed E-state index contributed by atoms with van der Waals surface area (Å²) >= 11 is 5.27. The van der Waals surface area contributed by atoms with Crippen molar-refractivity contribution in [2.75, 3.05) is 19.6 Å². The third-order valence-corrected chi connectivity index (χ3v) is 2.41. The van der Waals surface area contributed by atoms with E-state index in [1.165, 1.54) is 0 Å². The maximum Gasteiger partial charge on any atom is 0.169 e.